The lowest BCUT2D eigenvalue weighted by atomic mass is 10.2. The molecule has 0 spiro atoms. The Labute approximate surface area is 162 Å². The summed E-state index contributed by atoms with van der Waals surface area (Å²) in [5, 5.41) is 9.15. The lowest BCUT2D eigenvalue weighted by Crippen LogP contribution is -2.18. The molecule has 0 unspecified atom stereocenters. The number of carboxylic acids is 1. The van der Waals surface area contributed by atoms with Gasteiger partial charge in [-0.15, -0.1) is 0 Å². The smallest absolute Gasteiger partial charge is 0.335 e. The van der Waals surface area contributed by atoms with Gasteiger partial charge in [-0.1, -0.05) is 0 Å². The fraction of sp³-hybridized carbons (Fsp3) is 0.200. The molecule has 0 fully saturated rings. The van der Waals surface area contributed by atoms with E-state index in [1.165, 1.54) is 6.33 Å². The predicted molar refractivity (Wildman–Crippen MR) is 103 cm³/mol. The highest BCUT2D eigenvalue weighted by Gasteiger charge is 2.16. The number of hydrogen-bond donors (Lipinski definition) is 1. The summed E-state index contributed by atoms with van der Waals surface area (Å²) in [6, 6.07) is 10.2. The third-order valence-electron chi connectivity index (χ3n) is 3.97. The molecular formula is C20H20N4O4. The molecule has 0 aliphatic heterocycles. The van der Waals surface area contributed by atoms with Gasteiger partial charge in [0.25, 0.3) is 5.88 Å². The van der Waals surface area contributed by atoms with Crippen LogP contribution in [0, 0.1) is 0 Å². The van der Waals surface area contributed by atoms with Gasteiger partial charge in [0, 0.05) is 23.6 Å². The lowest BCUT2D eigenvalue weighted by Gasteiger charge is -2.24. The minimum atomic E-state index is -0.976. The second-order valence-electron chi connectivity index (χ2n) is 5.79. The Balaban J connectivity index is 2.03. The molecule has 3 aromatic rings. The third-order valence-corrected chi connectivity index (χ3v) is 3.97. The number of methoxy groups -OCH3 is 1. The molecule has 8 nitrogen and oxygen atoms in total. The SMILES string of the molecule is CCOc1nc(N(Cc2cncnc2)c2ccc(C(=O)O)cc2)ccc1OC. The molecule has 2 aromatic heterocycles. The Morgan fingerprint density at radius 3 is 2.43 bits per heavy atom. The number of rotatable bonds is 8. The molecule has 0 atom stereocenters. The molecule has 1 N–H and O–H groups in total. The number of carboxylic acid groups (broad SMARTS) is 1. The molecule has 3 rings (SSSR count). The van der Waals surface area contributed by atoms with Crippen LogP contribution in [0.15, 0.2) is 55.1 Å². The van der Waals surface area contributed by atoms with E-state index in [-0.39, 0.29) is 5.56 Å². The van der Waals surface area contributed by atoms with Crippen LogP contribution in [0.5, 0.6) is 11.6 Å². The van der Waals surface area contributed by atoms with Gasteiger partial charge in [-0.05, 0) is 43.3 Å². The van der Waals surface area contributed by atoms with Crippen molar-refractivity contribution in [3.8, 4) is 11.6 Å². The van der Waals surface area contributed by atoms with E-state index in [0.29, 0.717) is 30.6 Å². The van der Waals surface area contributed by atoms with Crippen molar-refractivity contribution in [3.63, 3.8) is 0 Å². The normalized spacial score (nSPS) is 10.4. The van der Waals surface area contributed by atoms with Crippen LogP contribution in [-0.2, 0) is 6.54 Å². The van der Waals surface area contributed by atoms with E-state index >= 15 is 0 Å². The quantitative estimate of drug-likeness (QED) is 0.636. The molecule has 8 heteroatoms. The maximum Gasteiger partial charge on any atom is 0.335 e. The van der Waals surface area contributed by atoms with Gasteiger partial charge >= 0.3 is 5.97 Å². The zero-order chi connectivity index (χ0) is 19.9. The van der Waals surface area contributed by atoms with Crippen LogP contribution in [0.25, 0.3) is 0 Å². The highest BCUT2D eigenvalue weighted by molar-refractivity contribution is 5.88. The summed E-state index contributed by atoms with van der Waals surface area (Å²) in [6.45, 7) is 2.77. The molecule has 0 bridgehead atoms. The molecule has 0 aliphatic rings. The van der Waals surface area contributed by atoms with Crippen LogP contribution < -0.4 is 14.4 Å². The van der Waals surface area contributed by atoms with Crippen molar-refractivity contribution in [3.05, 3.63) is 66.2 Å². The van der Waals surface area contributed by atoms with Crippen LogP contribution in [0.2, 0.25) is 0 Å². The third kappa shape index (κ3) is 4.35. The first kappa shape index (κ1) is 19.1. The van der Waals surface area contributed by atoms with E-state index in [0.717, 1.165) is 11.3 Å². The fourth-order valence-electron chi connectivity index (χ4n) is 2.65. The van der Waals surface area contributed by atoms with Crippen LogP contribution in [0.4, 0.5) is 11.5 Å². The van der Waals surface area contributed by atoms with Crippen LogP contribution >= 0.6 is 0 Å². The summed E-state index contributed by atoms with van der Waals surface area (Å²) in [7, 11) is 1.56. The highest BCUT2D eigenvalue weighted by Crippen LogP contribution is 2.32. The Kier molecular flexibility index (Phi) is 6.01. The molecule has 0 aliphatic carbocycles. The van der Waals surface area contributed by atoms with E-state index in [9.17, 15) is 4.79 Å². The van der Waals surface area contributed by atoms with Gasteiger partial charge in [-0.25, -0.2) is 14.8 Å². The summed E-state index contributed by atoms with van der Waals surface area (Å²) in [4.78, 5) is 25.8. The first-order valence-electron chi connectivity index (χ1n) is 8.65. The minimum absolute atomic E-state index is 0.212. The fourth-order valence-corrected chi connectivity index (χ4v) is 2.65. The van der Waals surface area contributed by atoms with Gasteiger partial charge in [-0.2, -0.15) is 4.98 Å². The average Bonchev–Trinajstić information content (AvgIpc) is 2.73. The van der Waals surface area contributed by atoms with E-state index in [4.69, 9.17) is 14.6 Å². The Hall–Kier alpha value is -3.68. The number of nitrogens with zero attached hydrogens (tertiary/aromatic N) is 4. The van der Waals surface area contributed by atoms with Crippen molar-refractivity contribution >= 4 is 17.5 Å². The lowest BCUT2D eigenvalue weighted by molar-refractivity contribution is 0.0697. The van der Waals surface area contributed by atoms with Gasteiger partial charge in [0.15, 0.2) is 5.75 Å². The van der Waals surface area contributed by atoms with Gasteiger partial charge in [-0.3, -0.25) is 0 Å². The summed E-state index contributed by atoms with van der Waals surface area (Å²) in [6.07, 6.45) is 4.91. The van der Waals surface area contributed by atoms with Crippen LogP contribution in [-0.4, -0.2) is 39.7 Å². The van der Waals surface area contributed by atoms with Gasteiger partial charge in [0.1, 0.15) is 12.1 Å². The first-order valence-corrected chi connectivity index (χ1v) is 8.65. The Bertz CT molecular complexity index is 933. The second-order valence-corrected chi connectivity index (χ2v) is 5.79. The largest absolute Gasteiger partial charge is 0.491 e. The number of aromatic nitrogens is 3. The van der Waals surface area contributed by atoms with Gasteiger partial charge < -0.3 is 19.5 Å². The topological polar surface area (TPSA) is 97.7 Å². The molecular weight excluding hydrogens is 360 g/mol. The summed E-state index contributed by atoms with van der Waals surface area (Å²) >= 11 is 0. The highest BCUT2D eigenvalue weighted by atomic mass is 16.5. The molecule has 0 amide bonds. The predicted octanol–water partition coefficient (Wildman–Crippen LogP) is 3.32. The zero-order valence-electron chi connectivity index (χ0n) is 15.6. The van der Waals surface area contributed by atoms with E-state index < -0.39 is 5.97 Å². The number of aromatic carboxylic acids is 1. The number of anilines is 2. The van der Waals surface area contributed by atoms with Gasteiger partial charge in [0.05, 0.1) is 25.8 Å². The van der Waals surface area contributed by atoms with Crippen LogP contribution in [0.1, 0.15) is 22.8 Å². The number of hydrogen-bond acceptors (Lipinski definition) is 7. The monoisotopic (exact) mass is 380 g/mol. The van der Waals surface area contributed by atoms with Crippen LogP contribution in [0.3, 0.4) is 0 Å². The van der Waals surface area contributed by atoms with E-state index in [2.05, 4.69) is 15.0 Å². The number of benzene rings is 1. The van der Waals surface area contributed by atoms with Crippen molar-refractivity contribution in [2.24, 2.45) is 0 Å². The number of pyridine rings is 1. The Morgan fingerprint density at radius 2 is 1.82 bits per heavy atom. The maximum absolute atomic E-state index is 11.2. The molecule has 144 valence electrons. The van der Waals surface area contributed by atoms with Crippen molar-refractivity contribution < 1.29 is 19.4 Å². The first-order chi connectivity index (χ1) is 13.6. The average molecular weight is 380 g/mol. The number of ether oxygens (including phenoxy) is 2. The van der Waals surface area contributed by atoms with Gasteiger partial charge in [0.2, 0.25) is 0 Å². The van der Waals surface area contributed by atoms with Crippen molar-refractivity contribution in [2.75, 3.05) is 18.6 Å². The summed E-state index contributed by atoms with van der Waals surface area (Å²) in [5.74, 6) is 0.570. The zero-order valence-corrected chi connectivity index (χ0v) is 15.6. The number of carbonyl (C=O) groups is 1. The molecule has 28 heavy (non-hydrogen) atoms. The Morgan fingerprint density at radius 1 is 1.11 bits per heavy atom. The minimum Gasteiger partial charge on any atom is -0.491 e. The molecule has 0 radical (unpaired) electrons. The summed E-state index contributed by atoms with van der Waals surface area (Å²) in [5.41, 5.74) is 1.86. The van der Waals surface area contributed by atoms with E-state index in [1.54, 1.807) is 49.8 Å². The van der Waals surface area contributed by atoms with Crippen molar-refractivity contribution in [1.82, 2.24) is 15.0 Å². The van der Waals surface area contributed by atoms with Crippen molar-refractivity contribution in [2.45, 2.75) is 13.5 Å². The van der Waals surface area contributed by atoms with Crippen molar-refractivity contribution in [1.29, 1.82) is 0 Å². The molecule has 0 saturated heterocycles. The summed E-state index contributed by atoms with van der Waals surface area (Å²) < 4.78 is 10.9. The molecule has 1 aromatic carbocycles. The van der Waals surface area contributed by atoms with E-state index in [1.807, 2.05) is 17.9 Å². The standard InChI is InChI=1S/C20H20N4O4/c1-3-28-19-17(27-2)8-9-18(23-19)24(12-14-10-21-13-22-11-14)16-6-4-15(5-7-16)20(25)26/h4-11,13H,3,12H2,1-2H3,(H,25,26). The second kappa shape index (κ2) is 8.81. The molecule has 2 heterocycles. The molecule has 0 saturated carbocycles. The maximum atomic E-state index is 11.2.